The number of likely N-dealkylation sites (tertiary alicyclic amines) is 1. The van der Waals surface area contributed by atoms with E-state index in [0.717, 1.165) is 68.0 Å². The van der Waals surface area contributed by atoms with Crippen LogP contribution in [0.1, 0.15) is 66.0 Å². The number of halogens is 1. The van der Waals surface area contributed by atoms with Crippen LogP contribution in [0.5, 0.6) is 0 Å². The number of nitrogens with one attached hydrogen (secondary N) is 1. The molecule has 2 fully saturated rings. The highest BCUT2D eigenvalue weighted by Crippen LogP contribution is 2.44. The predicted octanol–water partition coefficient (Wildman–Crippen LogP) is 4.67. The van der Waals surface area contributed by atoms with Crippen LogP contribution in [0.3, 0.4) is 0 Å². The van der Waals surface area contributed by atoms with Crippen molar-refractivity contribution in [2.75, 3.05) is 26.2 Å². The van der Waals surface area contributed by atoms with Gasteiger partial charge < -0.3 is 10.2 Å². The van der Waals surface area contributed by atoms with Crippen molar-refractivity contribution in [3.8, 4) is 0 Å². The number of carbonyl (C=O) groups excluding carboxylic acids is 1. The van der Waals surface area contributed by atoms with Gasteiger partial charge in [0.1, 0.15) is 7.28 Å². The highest BCUT2D eigenvalue weighted by atomic mass is 35.5. The maximum Gasteiger partial charge on any atom is 0.222 e. The van der Waals surface area contributed by atoms with Crippen LogP contribution < -0.4 is 10.8 Å². The van der Waals surface area contributed by atoms with Crippen molar-refractivity contribution in [1.29, 1.82) is 0 Å². The van der Waals surface area contributed by atoms with Gasteiger partial charge in [-0.05, 0) is 91.9 Å². The fourth-order valence-electron chi connectivity index (χ4n) is 6.12. The van der Waals surface area contributed by atoms with Gasteiger partial charge in [-0.25, -0.2) is 0 Å². The summed E-state index contributed by atoms with van der Waals surface area (Å²) >= 11 is 6.46. The molecule has 1 aromatic carbocycles. The van der Waals surface area contributed by atoms with Crippen LogP contribution in [0.2, 0.25) is 11.8 Å². The first-order valence-electron chi connectivity index (χ1n) is 12.8. The Morgan fingerprint density at radius 2 is 1.85 bits per heavy atom. The minimum absolute atomic E-state index is 0.213. The van der Waals surface area contributed by atoms with Gasteiger partial charge in [0.15, 0.2) is 0 Å². The summed E-state index contributed by atoms with van der Waals surface area (Å²) in [6.45, 7) is 8.00. The first-order chi connectivity index (χ1) is 16.5. The Balaban J connectivity index is 1.40. The number of pyridine rings is 1. The standard InChI is InChI=1S/C28H34BClN3O/c1-18-13-24(30)16-21-3-4-22-15-23(29-2)17-32-28(22)27(26(18)21)20-7-11-33(12-8-20)25(34)14-19-5-9-31-10-6-19/h3-4,13,15-17,19-20,27,31H,5-12,14H2,1-2H3. The molecule has 2 aromatic rings. The van der Waals surface area contributed by atoms with Crippen molar-refractivity contribution < 1.29 is 4.79 Å². The molecule has 1 aliphatic carbocycles. The van der Waals surface area contributed by atoms with E-state index in [1.807, 2.05) is 6.20 Å². The molecule has 1 atom stereocenters. The zero-order chi connectivity index (χ0) is 23.7. The number of aryl methyl sites for hydroxylation is 1. The molecular formula is C28H34BClN3O. The van der Waals surface area contributed by atoms with E-state index in [2.05, 4.69) is 61.6 Å². The number of hydrogen-bond acceptors (Lipinski definition) is 3. The monoisotopic (exact) mass is 474 g/mol. The minimum Gasteiger partial charge on any atom is -0.343 e. The number of carbonyl (C=O) groups is 1. The first kappa shape index (κ1) is 23.6. The van der Waals surface area contributed by atoms with Crippen LogP contribution in [0, 0.1) is 18.8 Å². The second kappa shape index (κ2) is 10.3. The third-order valence-electron chi connectivity index (χ3n) is 8.02. The minimum atomic E-state index is 0.213. The number of nitrogens with zero attached hydrogens (tertiary/aromatic N) is 2. The number of amides is 1. The number of benzene rings is 1. The molecule has 0 spiro atoms. The SMILES string of the molecule is C[B]c1cnc2c(c1)C=Cc1cc(Cl)cc(C)c1C2C1CCN(C(=O)CC2CCNCC2)CC1. The largest absolute Gasteiger partial charge is 0.343 e. The summed E-state index contributed by atoms with van der Waals surface area (Å²) < 4.78 is 0. The predicted molar refractivity (Wildman–Crippen MR) is 142 cm³/mol. The Bertz CT molecular complexity index is 1090. The Hall–Kier alpha value is -2.11. The van der Waals surface area contributed by atoms with Gasteiger partial charge >= 0.3 is 0 Å². The molecule has 1 aromatic heterocycles. The van der Waals surface area contributed by atoms with Crippen LogP contribution in [0.15, 0.2) is 24.4 Å². The number of aromatic nitrogens is 1. The molecule has 3 heterocycles. The van der Waals surface area contributed by atoms with E-state index in [4.69, 9.17) is 16.6 Å². The Morgan fingerprint density at radius 3 is 2.59 bits per heavy atom. The maximum absolute atomic E-state index is 13.0. The lowest BCUT2D eigenvalue weighted by Gasteiger charge is -2.38. The molecule has 1 amide bonds. The van der Waals surface area contributed by atoms with E-state index in [1.165, 1.54) is 22.3 Å². The van der Waals surface area contributed by atoms with Gasteiger partial charge in [0.05, 0.1) is 5.69 Å². The van der Waals surface area contributed by atoms with Crippen LogP contribution in [-0.4, -0.2) is 49.2 Å². The Morgan fingerprint density at radius 1 is 1.12 bits per heavy atom. The van der Waals surface area contributed by atoms with E-state index in [0.29, 0.717) is 24.2 Å². The molecule has 0 saturated carbocycles. The van der Waals surface area contributed by atoms with Gasteiger partial charge in [-0.15, -0.1) is 0 Å². The first-order valence-corrected chi connectivity index (χ1v) is 13.2. The molecule has 177 valence electrons. The van der Waals surface area contributed by atoms with E-state index in [-0.39, 0.29) is 5.92 Å². The van der Waals surface area contributed by atoms with Crippen molar-refractivity contribution in [2.45, 2.75) is 51.8 Å². The normalized spacial score (nSPS) is 21.0. The van der Waals surface area contributed by atoms with E-state index in [9.17, 15) is 4.79 Å². The smallest absolute Gasteiger partial charge is 0.222 e. The van der Waals surface area contributed by atoms with E-state index >= 15 is 0 Å². The number of hydrogen-bond donors (Lipinski definition) is 1. The summed E-state index contributed by atoms with van der Waals surface area (Å²) in [5.41, 5.74) is 7.25. The fraction of sp³-hybridized carbons (Fsp3) is 0.500. The molecule has 2 saturated heterocycles. The number of rotatable bonds is 4. The van der Waals surface area contributed by atoms with Gasteiger partial charge in [0.25, 0.3) is 0 Å². The molecule has 5 rings (SSSR count). The van der Waals surface area contributed by atoms with Gasteiger partial charge in [-0.2, -0.15) is 0 Å². The Kier molecular flexibility index (Phi) is 7.12. The molecule has 1 radical (unpaired) electrons. The van der Waals surface area contributed by atoms with Crippen LogP contribution in [0.25, 0.3) is 12.2 Å². The summed E-state index contributed by atoms with van der Waals surface area (Å²) in [5.74, 6) is 1.55. The highest BCUT2D eigenvalue weighted by Gasteiger charge is 2.35. The van der Waals surface area contributed by atoms with Gasteiger partial charge in [0, 0.05) is 36.6 Å². The third-order valence-corrected chi connectivity index (χ3v) is 8.24. The lowest BCUT2D eigenvalue weighted by Crippen LogP contribution is -2.41. The van der Waals surface area contributed by atoms with Crippen molar-refractivity contribution >= 4 is 42.4 Å². The Labute approximate surface area is 209 Å². The number of piperidine rings is 2. The third kappa shape index (κ3) is 4.83. The molecule has 0 bridgehead atoms. The van der Waals surface area contributed by atoms with Crippen molar-refractivity contribution in [3.63, 3.8) is 0 Å². The quantitative estimate of drug-likeness (QED) is 0.655. The maximum atomic E-state index is 13.0. The second-order valence-corrected chi connectivity index (χ2v) is 10.6. The van der Waals surface area contributed by atoms with Crippen LogP contribution >= 0.6 is 11.6 Å². The van der Waals surface area contributed by atoms with Crippen LogP contribution in [0.4, 0.5) is 0 Å². The van der Waals surface area contributed by atoms with E-state index < -0.39 is 0 Å². The molecule has 1 N–H and O–H groups in total. The fourth-order valence-corrected chi connectivity index (χ4v) is 6.40. The molecule has 6 heteroatoms. The molecule has 2 aliphatic heterocycles. The van der Waals surface area contributed by atoms with Crippen molar-refractivity contribution in [3.05, 3.63) is 57.4 Å². The summed E-state index contributed by atoms with van der Waals surface area (Å²) in [6.07, 6.45) is 11.4. The summed E-state index contributed by atoms with van der Waals surface area (Å²) in [6, 6.07) is 6.41. The lowest BCUT2D eigenvalue weighted by atomic mass is 9.72. The highest BCUT2D eigenvalue weighted by molar-refractivity contribution is 6.51. The summed E-state index contributed by atoms with van der Waals surface area (Å²) in [5, 5.41) is 4.18. The molecule has 4 nitrogen and oxygen atoms in total. The molecule has 34 heavy (non-hydrogen) atoms. The zero-order valence-electron chi connectivity index (χ0n) is 20.3. The lowest BCUT2D eigenvalue weighted by molar-refractivity contribution is -0.133. The average Bonchev–Trinajstić information content (AvgIpc) is 3.01. The summed E-state index contributed by atoms with van der Waals surface area (Å²) in [4.78, 5) is 20.1. The van der Waals surface area contributed by atoms with Gasteiger partial charge in [0.2, 0.25) is 5.91 Å². The van der Waals surface area contributed by atoms with Gasteiger partial charge in [-0.1, -0.05) is 42.1 Å². The van der Waals surface area contributed by atoms with E-state index in [1.54, 1.807) is 0 Å². The topological polar surface area (TPSA) is 45.2 Å². The van der Waals surface area contributed by atoms with Crippen molar-refractivity contribution in [1.82, 2.24) is 15.2 Å². The second-order valence-electron chi connectivity index (χ2n) is 10.2. The molecular weight excluding hydrogens is 441 g/mol. The average molecular weight is 475 g/mol. The van der Waals surface area contributed by atoms with Crippen molar-refractivity contribution in [2.24, 2.45) is 11.8 Å². The molecule has 3 aliphatic rings. The molecule has 1 unspecified atom stereocenters. The summed E-state index contributed by atoms with van der Waals surface area (Å²) in [7, 11) is 2.10. The van der Waals surface area contributed by atoms with Gasteiger partial charge in [-0.3, -0.25) is 9.78 Å². The zero-order valence-corrected chi connectivity index (χ0v) is 21.1. The number of fused-ring (bicyclic) bond motifs is 2. The van der Waals surface area contributed by atoms with Crippen LogP contribution in [-0.2, 0) is 4.79 Å².